The Kier molecular flexibility index (Phi) is 8.49. The fraction of sp³-hybridized carbons (Fsp3) is 0.269. The third-order valence-electron chi connectivity index (χ3n) is 5.10. The first-order valence-corrected chi connectivity index (χ1v) is 12.5. The third kappa shape index (κ3) is 6.58. The quantitative estimate of drug-likeness (QED) is 0.427. The highest BCUT2D eigenvalue weighted by Crippen LogP contribution is 2.32. The lowest BCUT2D eigenvalue weighted by Crippen LogP contribution is -2.41. The zero-order chi connectivity index (χ0) is 23.7. The highest BCUT2D eigenvalue weighted by atomic mass is 32.2. The summed E-state index contributed by atoms with van der Waals surface area (Å²) in [6.45, 7) is 4.37. The Morgan fingerprint density at radius 1 is 0.970 bits per heavy atom. The lowest BCUT2D eigenvalue weighted by molar-refractivity contribution is -0.119. The maximum atomic E-state index is 13.5. The molecule has 3 rings (SSSR count). The van der Waals surface area contributed by atoms with Crippen molar-refractivity contribution in [2.24, 2.45) is 0 Å². The summed E-state index contributed by atoms with van der Waals surface area (Å²) < 4.78 is 33.7. The van der Waals surface area contributed by atoms with E-state index < -0.39 is 10.0 Å². The van der Waals surface area contributed by atoms with Crippen LogP contribution in [0.5, 0.6) is 5.75 Å². The second-order valence-electron chi connectivity index (χ2n) is 7.67. The lowest BCUT2D eigenvalue weighted by Gasteiger charge is -2.26. The van der Waals surface area contributed by atoms with Crippen LogP contribution in [0.3, 0.4) is 0 Å². The van der Waals surface area contributed by atoms with Gasteiger partial charge in [0.15, 0.2) is 0 Å². The molecule has 1 amide bonds. The van der Waals surface area contributed by atoms with Crippen LogP contribution in [0, 0.1) is 6.92 Å². The molecule has 33 heavy (non-hydrogen) atoms. The molecule has 0 radical (unpaired) electrons. The van der Waals surface area contributed by atoms with E-state index in [4.69, 9.17) is 4.74 Å². The van der Waals surface area contributed by atoms with Crippen LogP contribution >= 0.6 is 0 Å². The van der Waals surface area contributed by atoms with Crippen molar-refractivity contribution in [1.29, 1.82) is 0 Å². The Morgan fingerprint density at radius 2 is 1.70 bits per heavy atom. The molecule has 0 aliphatic rings. The number of hydrogen-bond donors (Lipinski definition) is 1. The third-order valence-corrected chi connectivity index (χ3v) is 6.87. The van der Waals surface area contributed by atoms with E-state index in [1.807, 2.05) is 26.0 Å². The maximum absolute atomic E-state index is 13.5. The molecular formula is C26H30N2O4S. The Bertz CT molecular complexity index is 1160. The fourth-order valence-corrected chi connectivity index (χ4v) is 4.99. The van der Waals surface area contributed by atoms with Gasteiger partial charge in [-0.15, -0.1) is 0 Å². The van der Waals surface area contributed by atoms with E-state index in [-0.39, 0.29) is 17.3 Å². The number of anilines is 1. The van der Waals surface area contributed by atoms with Gasteiger partial charge >= 0.3 is 0 Å². The molecule has 6 nitrogen and oxygen atoms in total. The average molecular weight is 467 g/mol. The number of hydrogen-bond acceptors (Lipinski definition) is 4. The number of sulfonamides is 1. The molecule has 7 heteroatoms. The van der Waals surface area contributed by atoms with Crippen molar-refractivity contribution in [3.63, 3.8) is 0 Å². The molecule has 0 heterocycles. The highest BCUT2D eigenvalue weighted by molar-refractivity contribution is 7.92. The SMILES string of the molecule is CCOc1ccccc1N(CC(=O)NCCCc1cccc(C)c1)S(=O)(=O)c1ccccc1. The number of rotatable bonds is 11. The number of para-hydroxylation sites is 2. The van der Waals surface area contributed by atoms with Crippen LogP contribution in [-0.4, -0.2) is 34.0 Å². The summed E-state index contributed by atoms with van der Waals surface area (Å²) in [5.74, 6) is 0.0387. The minimum atomic E-state index is -3.98. The van der Waals surface area contributed by atoms with Gasteiger partial charge in [-0.25, -0.2) is 8.42 Å². The monoisotopic (exact) mass is 466 g/mol. The lowest BCUT2D eigenvalue weighted by atomic mass is 10.1. The highest BCUT2D eigenvalue weighted by Gasteiger charge is 2.29. The molecule has 0 atom stereocenters. The molecule has 0 spiro atoms. The first kappa shape index (κ1) is 24.3. The number of carbonyl (C=O) groups excluding carboxylic acids is 1. The minimum absolute atomic E-state index is 0.114. The van der Waals surface area contributed by atoms with Crippen molar-refractivity contribution in [3.05, 3.63) is 90.0 Å². The van der Waals surface area contributed by atoms with E-state index in [0.29, 0.717) is 24.6 Å². The van der Waals surface area contributed by atoms with Crippen LogP contribution in [0.2, 0.25) is 0 Å². The Hall–Kier alpha value is -3.32. The second-order valence-corrected chi connectivity index (χ2v) is 9.53. The summed E-state index contributed by atoms with van der Waals surface area (Å²) in [4.78, 5) is 12.9. The van der Waals surface area contributed by atoms with E-state index in [0.717, 1.165) is 17.1 Å². The van der Waals surface area contributed by atoms with Crippen molar-refractivity contribution in [2.45, 2.75) is 31.6 Å². The molecule has 0 aromatic heterocycles. The molecule has 0 saturated heterocycles. The molecule has 0 aliphatic carbocycles. The Labute approximate surface area is 196 Å². The maximum Gasteiger partial charge on any atom is 0.264 e. The summed E-state index contributed by atoms with van der Waals surface area (Å²) in [7, 11) is -3.98. The summed E-state index contributed by atoms with van der Waals surface area (Å²) in [6.07, 6.45) is 1.59. The molecule has 174 valence electrons. The van der Waals surface area contributed by atoms with Gasteiger partial charge in [-0.05, 0) is 56.5 Å². The number of nitrogens with zero attached hydrogens (tertiary/aromatic N) is 1. The van der Waals surface area contributed by atoms with E-state index >= 15 is 0 Å². The predicted octanol–water partition coefficient (Wildman–Crippen LogP) is 4.34. The van der Waals surface area contributed by atoms with E-state index in [2.05, 4.69) is 17.4 Å². The van der Waals surface area contributed by atoms with Gasteiger partial charge in [0.1, 0.15) is 12.3 Å². The van der Waals surface area contributed by atoms with Crippen LogP contribution in [0.25, 0.3) is 0 Å². The Morgan fingerprint density at radius 3 is 2.42 bits per heavy atom. The normalized spacial score (nSPS) is 11.1. The first-order valence-electron chi connectivity index (χ1n) is 11.0. The predicted molar refractivity (Wildman–Crippen MR) is 131 cm³/mol. The number of aryl methyl sites for hydroxylation is 2. The van der Waals surface area contributed by atoms with Gasteiger partial charge in [-0.3, -0.25) is 9.10 Å². The average Bonchev–Trinajstić information content (AvgIpc) is 2.82. The number of benzene rings is 3. The van der Waals surface area contributed by atoms with Gasteiger partial charge in [-0.1, -0.05) is 60.2 Å². The zero-order valence-electron chi connectivity index (χ0n) is 19.0. The molecule has 3 aromatic carbocycles. The summed E-state index contributed by atoms with van der Waals surface area (Å²) in [5, 5.41) is 2.86. The summed E-state index contributed by atoms with van der Waals surface area (Å²) in [6, 6.07) is 23.2. The summed E-state index contributed by atoms with van der Waals surface area (Å²) >= 11 is 0. The Balaban J connectivity index is 1.75. The van der Waals surface area contributed by atoms with Gasteiger partial charge < -0.3 is 10.1 Å². The topological polar surface area (TPSA) is 75.7 Å². The number of nitrogens with one attached hydrogen (secondary N) is 1. The van der Waals surface area contributed by atoms with E-state index in [9.17, 15) is 13.2 Å². The molecule has 0 aliphatic heterocycles. The van der Waals surface area contributed by atoms with Crippen LogP contribution in [-0.2, 0) is 21.2 Å². The molecule has 0 fully saturated rings. The van der Waals surface area contributed by atoms with Crippen LogP contribution < -0.4 is 14.4 Å². The molecular weight excluding hydrogens is 436 g/mol. The van der Waals surface area contributed by atoms with Crippen molar-refractivity contribution < 1.29 is 17.9 Å². The van der Waals surface area contributed by atoms with Gasteiger partial charge in [-0.2, -0.15) is 0 Å². The first-order chi connectivity index (χ1) is 15.9. The van der Waals surface area contributed by atoms with E-state index in [1.54, 1.807) is 42.5 Å². The molecule has 0 unspecified atom stereocenters. The van der Waals surface area contributed by atoms with E-state index in [1.165, 1.54) is 23.3 Å². The van der Waals surface area contributed by atoms with Gasteiger partial charge in [0.25, 0.3) is 10.0 Å². The fourth-order valence-electron chi connectivity index (χ4n) is 3.53. The number of amides is 1. The van der Waals surface area contributed by atoms with Crippen molar-refractivity contribution in [1.82, 2.24) is 5.32 Å². The van der Waals surface area contributed by atoms with Gasteiger partial charge in [0, 0.05) is 6.54 Å². The number of carbonyl (C=O) groups is 1. The smallest absolute Gasteiger partial charge is 0.264 e. The standard InChI is InChI=1S/C26H30N2O4S/c1-3-32-25-17-8-7-16-24(25)28(33(30,31)23-14-5-4-6-15-23)20-26(29)27-18-10-13-22-12-9-11-21(2)19-22/h4-9,11-12,14-17,19H,3,10,13,18,20H2,1-2H3,(H,27,29). The summed E-state index contributed by atoms with van der Waals surface area (Å²) in [5.41, 5.74) is 2.74. The largest absolute Gasteiger partial charge is 0.492 e. The van der Waals surface area contributed by atoms with Gasteiger partial charge in [0.05, 0.1) is 17.2 Å². The molecule has 0 saturated carbocycles. The van der Waals surface area contributed by atoms with Crippen molar-refractivity contribution >= 4 is 21.6 Å². The minimum Gasteiger partial charge on any atom is -0.492 e. The number of ether oxygens (including phenoxy) is 1. The molecule has 3 aromatic rings. The second kappa shape index (κ2) is 11.5. The van der Waals surface area contributed by atoms with Crippen LogP contribution in [0.1, 0.15) is 24.5 Å². The van der Waals surface area contributed by atoms with Crippen molar-refractivity contribution in [2.75, 3.05) is 24.0 Å². The van der Waals surface area contributed by atoms with Crippen LogP contribution in [0.4, 0.5) is 5.69 Å². The van der Waals surface area contributed by atoms with Crippen molar-refractivity contribution in [3.8, 4) is 5.75 Å². The molecule has 1 N–H and O–H groups in total. The zero-order valence-corrected chi connectivity index (χ0v) is 19.8. The van der Waals surface area contributed by atoms with Crippen LogP contribution in [0.15, 0.2) is 83.8 Å². The van der Waals surface area contributed by atoms with Gasteiger partial charge in [0.2, 0.25) is 5.91 Å². The molecule has 0 bridgehead atoms.